The third kappa shape index (κ3) is 2.64. The molecule has 5 heteroatoms. The Morgan fingerprint density at radius 3 is 2.37 bits per heavy atom. The molecule has 106 valence electrons. The molecule has 0 saturated heterocycles. The van der Waals surface area contributed by atoms with E-state index in [0.717, 1.165) is 5.56 Å². The van der Waals surface area contributed by atoms with Crippen LogP contribution in [0, 0.1) is 12.8 Å². The monoisotopic (exact) mass is 265 g/mol. The quantitative estimate of drug-likeness (QED) is 0.843. The van der Waals surface area contributed by atoms with Gasteiger partial charge in [-0.3, -0.25) is 9.59 Å². The Bertz CT molecular complexity index is 471. The van der Waals surface area contributed by atoms with Crippen LogP contribution in [-0.2, 0) is 11.8 Å². The lowest BCUT2D eigenvalue weighted by Crippen LogP contribution is -2.60. The van der Waals surface area contributed by atoms with Crippen LogP contribution in [0.3, 0.4) is 0 Å². The number of primary amides is 1. The van der Waals surface area contributed by atoms with Crippen LogP contribution < -0.4 is 11.1 Å². The van der Waals surface area contributed by atoms with Crippen LogP contribution in [0.5, 0.6) is 0 Å². The summed E-state index contributed by atoms with van der Waals surface area (Å²) in [6, 6.07) is 1.86. The number of nitrogens with two attached hydrogens (primary N) is 1. The van der Waals surface area contributed by atoms with Crippen molar-refractivity contribution in [2.75, 3.05) is 0 Å². The minimum Gasteiger partial charge on any atom is -0.368 e. The number of amides is 2. The van der Waals surface area contributed by atoms with E-state index in [1.165, 1.54) is 0 Å². The van der Waals surface area contributed by atoms with Gasteiger partial charge in [0, 0.05) is 13.2 Å². The van der Waals surface area contributed by atoms with E-state index in [2.05, 4.69) is 5.32 Å². The molecule has 2 amide bonds. The molecule has 0 aliphatic rings. The molecule has 1 aromatic rings. The topological polar surface area (TPSA) is 77.1 Å². The number of aryl methyl sites for hydroxylation is 2. The van der Waals surface area contributed by atoms with Gasteiger partial charge < -0.3 is 15.6 Å². The first-order valence-electron chi connectivity index (χ1n) is 6.50. The average Bonchev–Trinajstić information content (AvgIpc) is 2.65. The Morgan fingerprint density at radius 1 is 1.47 bits per heavy atom. The van der Waals surface area contributed by atoms with Gasteiger partial charge in [-0.15, -0.1) is 0 Å². The third-order valence-electron chi connectivity index (χ3n) is 3.81. The highest BCUT2D eigenvalue weighted by molar-refractivity contribution is 5.99. The van der Waals surface area contributed by atoms with E-state index >= 15 is 0 Å². The lowest BCUT2D eigenvalue weighted by molar-refractivity contribution is -0.126. The van der Waals surface area contributed by atoms with E-state index in [4.69, 9.17) is 5.73 Å². The van der Waals surface area contributed by atoms with Crippen LogP contribution in [0.25, 0.3) is 0 Å². The van der Waals surface area contributed by atoms with E-state index < -0.39 is 11.4 Å². The van der Waals surface area contributed by atoms with E-state index in [-0.39, 0.29) is 11.8 Å². The second-order valence-electron chi connectivity index (χ2n) is 5.26. The van der Waals surface area contributed by atoms with Gasteiger partial charge in [-0.2, -0.15) is 0 Å². The summed E-state index contributed by atoms with van der Waals surface area (Å²) < 4.78 is 1.74. The molecule has 1 unspecified atom stereocenters. The highest BCUT2D eigenvalue weighted by Crippen LogP contribution is 2.22. The van der Waals surface area contributed by atoms with Crippen LogP contribution in [0.2, 0.25) is 0 Å². The number of nitrogens with one attached hydrogen (secondary N) is 1. The summed E-state index contributed by atoms with van der Waals surface area (Å²) in [4.78, 5) is 24.2. The zero-order chi connectivity index (χ0) is 14.8. The molecule has 0 fully saturated rings. The Kier molecular flexibility index (Phi) is 4.39. The van der Waals surface area contributed by atoms with Crippen molar-refractivity contribution in [3.63, 3.8) is 0 Å². The normalized spacial score (nSPS) is 14.2. The number of rotatable bonds is 5. The van der Waals surface area contributed by atoms with E-state index in [1.54, 1.807) is 11.6 Å². The lowest BCUT2D eigenvalue weighted by Gasteiger charge is -2.34. The van der Waals surface area contributed by atoms with Gasteiger partial charge in [-0.25, -0.2) is 0 Å². The van der Waals surface area contributed by atoms with Gasteiger partial charge in [0.1, 0.15) is 11.2 Å². The van der Waals surface area contributed by atoms with Crippen molar-refractivity contribution >= 4 is 11.8 Å². The van der Waals surface area contributed by atoms with Gasteiger partial charge in [0.25, 0.3) is 5.91 Å². The molecule has 1 aromatic heterocycles. The van der Waals surface area contributed by atoms with Gasteiger partial charge in [0.15, 0.2) is 0 Å². The minimum absolute atomic E-state index is 0.0699. The first kappa shape index (κ1) is 15.3. The average molecular weight is 265 g/mol. The number of carbonyl (C=O) groups is 2. The molecular weight excluding hydrogens is 242 g/mol. The van der Waals surface area contributed by atoms with Crippen molar-refractivity contribution in [1.82, 2.24) is 9.88 Å². The number of hydrogen-bond donors (Lipinski definition) is 2. The van der Waals surface area contributed by atoms with Crippen LogP contribution in [0.15, 0.2) is 12.3 Å². The number of hydrogen-bond acceptors (Lipinski definition) is 2. The molecule has 0 aliphatic heterocycles. The molecule has 1 rings (SSSR count). The smallest absolute Gasteiger partial charge is 0.269 e. The first-order chi connectivity index (χ1) is 8.76. The van der Waals surface area contributed by atoms with Crippen molar-refractivity contribution in [3.8, 4) is 0 Å². The summed E-state index contributed by atoms with van der Waals surface area (Å²) >= 11 is 0. The summed E-state index contributed by atoms with van der Waals surface area (Å²) in [6.07, 6.45) is 2.28. The maximum Gasteiger partial charge on any atom is 0.269 e. The summed E-state index contributed by atoms with van der Waals surface area (Å²) in [5, 5.41) is 2.83. The van der Waals surface area contributed by atoms with E-state index in [1.807, 2.05) is 40.0 Å². The summed E-state index contributed by atoms with van der Waals surface area (Å²) in [5.74, 6) is -0.830. The van der Waals surface area contributed by atoms with Crippen molar-refractivity contribution in [2.24, 2.45) is 18.7 Å². The van der Waals surface area contributed by atoms with Crippen LogP contribution >= 0.6 is 0 Å². The number of nitrogens with zero attached hydrogens (tertiary/aromatic N) is 1. The van der Waals surface area contributed by atoms with Crippen molar-refractivity contribution in [3.05, 3.63) is 23.5 Å². The minimum atomic E-state index is -1.01. The zero-order valence-electron chi connectivity index (χ0n) is 12.3. The second-order valence-corrected chi connectivity index (χ2v) is 5.26. The third-order valence-corrected chi connectivity index (χ3v) is 3.81. The molecule has 3 N–H and O–H groups in total. The van der Waals surface area contributed by atoms with Gasteiger partial charge in [0.2, 0.25) is 5.91 Å². The standard InChI is InChI=1S/C14H23N3O2/c1-6-14(9(2)3,13(15)19)16-12(18)11-10(4)7-8-17(11)5/h7-9H,6H2,1-5H3,(H2,15,19)(H,16,18). The zero-order valence-corrected chi connectivity index (χ0v) is 12.3. The van der Waals surface area contributed by atoms with Gasteiger partial charge in [-0.05, 0) is 30.9 Å². The highest BCUT2D eigenvalue weighted by atomic mass is 16.2. The Hall–Kier alpha value is -1.78. The SMILES string of the molecule is CCC(NC(=O)c1c(C)ccn1C)(C(N)=O)C(C)C. The fraction of sp³-hybridized carbons (Fsp3) is 0.571. The van der Waals surface area contributed by atoms with Gasteiger partial charge >= 0.3 is 0 Å². The van der Waals surface area contributed by atoms with Crippen LogP contribution in [-0.4, -0.2) is 21.9 Å². The molecule has 0 radical (unpaired) electrons. The molecule has 0 aromatic carbocycles. The lowest BCUT2D eigenvalue weighted by atomic mass is 9.83. The molecule has 0 bridgehead atoms. The maximum atomic E-state index is 12.4. The summed E-state index contributed by atoms with van der Waals surface area (Å²) in [7, 11) is 1.80. The summed E-state index contributed by atoms with van der Waals surface area (Å²) in [6.45, 7) is 7.48. The second kappa shape index (κ2) is 5.47. The van der Waals surface area contributed by atoms with Gasteiger partial charge in [0.05, 0.1) is 0 Å². The van der Waals surface area contributed by atoms with E-state index in [0.29, 0.717) is 12.1 Å². The fourth-order valence-corrected chi connectivity index (χ4v) is 2.42. The Labute approximate surface area is 114 Å². The van der Waals surface area contributed by atoms with Crippen molar-refractivity contribution < 1.29 is 9.59 Å². The first-order valence-corrected chi connectivity index (χ1v) is 6.50. The molecule has 1 atom stereocenters. The predicted molar refractivity (Wildman–Crippen MR) is 74.7 cm³/mol. The van der Waals surface area contributed by atoms with Crippen LogP contribution in [0.4, 0.5) is 0 Å². The largest absolute Gasteiger partial charge is 0.368 e. The molecule has 0 aliphatic carbocycles. The molecule has 0 spiro atoms. The van der Waals surface area contributed by atoms with Crippen molar-refractivity contribution in [2.45, 2.75) is 39.7 Å². The predicted octanol–water partition coefficient (Wildman–Crippen LogP) is 1.35. The Balaban J connectivity index is 3.11. The molecular formula is C14H23N3O2. The molecule has 0 saturated carbocycles. The summed E-state index contributed by atoms with van der Waals surface area (Å²) in [5.41, 5.74) is 5.92. The number of aromatic nitrogens is 1. The highest BCUT2D eigenvalue weighted by Gasteiger charge is 2.40. The van der Waals surface area contributed by atoms with Gasteiger partial charge in [-0.1, -0.05) is 20.8 Å². The number of carbonyl (C=O) groups excluding carboxylic acids is 2. The maximum absolute atomic E-state index is 12.4. The molecule has 19 heavy (non-hydrogen) atoms. The van der Waals surface area contributed by atoms with Crippen molar-refractivity contribution in [1.29, 1.82) is 0 Å². The van der Waals surface area contributed by atoms with E-state index in [9.17, 15) is 9.59 Å². The fourth-order valence-electron chi connectivity index (χ4n) is 2.42. The molecule has 1 heterocycles. The Morgan fingerprint density at radius 2 is 2.05 bits per heavy atom. The van der Waals surface area contributed by atoms with Crippen LogP contribution in [0.1, 0.15) is 43.2 Å². The molecule has 5 nitrogen and oxygen atoms in total.